The molecule has 1 saturated carbocycles. The van der Waals surface area contributed by atoms with Gasteiger partial charge in [-0.3, -0.25) is 4.79 Å². The molecule has 3 atom stereocenters. The molecule has 0 spiro atoms. The van der Waals surface area contributed by atoms with Crippen LogP contribution in [0.25, 0.3) is 0 Å². The Bertz CT molecular complexity index is 402. The zero-order valence-electron chi connectivity index (χ0n) is 10.2. The van der Waals surface area contributed by atoms with Crippen molar-refractivity contribution in [3.05, 3.63) is 11.7 Å². The van der Waals surface area contributed by atoms with E-state index in [4.69, 9.17) is 4.52 Å². The zero-order chi connectivity index (χ0) is 12.4. The van der Waals surface area contributed by atoms with Gasteiger partial charge in [-0.05, 0) is 25.2 Å². The van der Waals surface area contributed by atoms with Crippen LogP contribution in [0, 0.1) is 11.8 Å². The number of aliphatic carboxylic acids is 1. The average molecular weight is 238 g/mol. The number of rotatable bonds is 4. The van der Waals surface area contributed by atoms with Crippen LogP contribution in [0.2, 0.25) is 0 Å². The van der Waals surface area contributed by atoms with Crippen LogP contribution in [-0.4, -0.2) is 21.2 Å². The summed E-state index contributed by atoms with van der Waals surface area (Å²) in [6, 6.07) is 0. The van der Waals surface area contributed by atoms with E-state index in [1.807, 2.05) is 6.92 Å². The van der Waals surface area contributed by atoms with Crippen molar-refractivity contribution >= 4 is 5.97 Å². The molecule has 0 aliphatic heterocycles. The number of carbonyl (C=O) groups is 1. The molecular formula is C12H18N2O3. The molecule has 0 bridgehead atoms. The summed E-state index contributed by atoms with van der Waals surface area (Å²) >= 11 is 0. The molecule has 1 aliphatic rings. The first-order chi connectivity index (χ1) is 8.11. The Morgan fingerprint density at radius 1 is 1.53 bits per heavy atom. The fourth-order valence-electron chi connectivity index (χ4n) is 2.58. The number of hydrogen-bond acceptors (Lipinski definition) is 4. The van der Waals surface area contributed by atoms with Crippen LogP contribution in [0.15, 0.2) is 4.52 Å². The summed E-state index contributed by atoms with van der Waals surface area (Å²) in [6.07, 6.45) is 3.27. The minimum atomic E-state index is -0.755. The van der Waals surface area contributed by atoms with E-state index < -0.39 is 5.97 Å². The lowest BCUT2D eigenvalue weighted by Crippen LogP contribution is -2.17. The smallest absolute Gasteiger partial charge is 0.307 e. The predicted octanol–water partition coefficient (Wildman–Crippen LogP) is 2.24. The van der Waals surface area contributed by atoms with E-state index in [0.29, 0.717) is 24.1 Å². The average Bonchev–Trinajstić information content (AvgIpc) is 2.85. The number of carboxylic acid groups (broad SMARTS) is 1. The summed E-state index contributed by atoms with van der Waals surface area (Å²) < 4.78 is 5.21. The second-order valence-electron chi connectivity index (χ2n) is 4.93. The summed E-state index contributed by atoms with van der Waals surface area (Å²) in [5.41, 5.74) is 0. The maximum Gasteiger partial charge on any atom is 0.307 e. The SMILES string of the molecule is CCCc1noc(C2CC(C)CC2C(=O)O)n1. The number of hydrogen-bond donors (Lipinski definition) is 1. The lowest BCUT2D eigenvalue weighted by molar-refractivity contribution is -0.142. The van der Waals surface area contributed by atoms with Crippen LogP contribution in [0.4, 0.5) is 0 Å². The minimum Gasteiger partial charge on any atom is -0.481 e. The molecule has 0 aromatic carbocycles. The quantitative estimate of drug-likeness (QED) is 0.870. The van der Waals surface area contributed by atoms with Crippen LogP contribution < -0.4 is 0 Å². The molecule has 17 heavy (non-hydrogen) atoms. The molecule has 5 nitrogen and oxygen atoms in total. The van der Waals surface area contributed by atoms with E-state index >= 15 is 0 Å². The topological polar surface area (TPSA) is 76.2 Å². The summed E-state index contributed by atoms with van der Waals surface area (Å²) in [4.78, 5) is 15.5. The fourth-order valence-corrected chi connectivity index (χ4v) is 2.58. The van der Waals surface area contributed by atoms with Gasteiger partial charge in [0.05, 0.1) is 11.8 Å². The molecule has 0 saturated heterocycles. The number of nitrogens with zero attached hydrogens (tertiary/aromatic N) is 2. The Kier molecular flexibility index (Phi) is 3.45. The maximum atomic E-state index is 11.2. The van der Waals surface area contributed by atoms with Crippen LogP contribution in [-0.2, 0) is 11.2 Å². The first-order valence-electron chi connectivity index (χ1n) is 6.17. The Balaban J connectivity index is 2.16. The molecule has 1 aromatic rings. The van der Waals surface area contributed by atoms with Gasteiger partial charge < -0.3 is 9.63 Å². The lowest BCUT2D eigenvalue weighted by atomic mass is 9.96. The Labute approximate surface area is 100 Å². The largest absolute Gasteiger partial charge is 0.481 e. The monoisotopic (exact) mass is 238 g/mol. The lowest BCUT2D eigenvalue weighted by Gasteiger charge is -2.09. The normalized spacial score (nSPS) is 28.5. The third-order valence-electron chi connectivity index (χ3n) is 3.39. The number of aromatic nitrogens is 2. The summed E-state index contributed by atoms with van der Waals surface area (Å²) in [7, 11) is 0. The van der Waals surface area contributed by atoms with E-state index in [2.05, 4.69) is 17.1 Å². The van der Waals surface area contributed by atoms with Gasteiger partial charge in [0.15, 0.2) is 5.82 Å². The van der Waals surface area contributed by atoms with Gasteiger partial charge in [-0.15, -0.1) is 0 Å². The van der Waals surface area contributed by atoms with Crippen molar-refractivity contribution < 1.29 is 14.4 Å². The Hall–Kier alpha value is -1.39. The van der Waals surface area contributed by atoms with Crippen molar-refractivity contribution in [1.82, 2.24) is 10.1 Å². The number of aryl methyl sites for hydroxylation is 1. The van der Waals surface area contributed by atoms with Gasteiger partial charge in [0.1, 0.15) is 0 Å². The van der Waals surface area contributed by atoms with Crippen molar-refractivity contribution in [2.45, 2.75) is 45.4 Å². The van der Waals surface area contributed by atoms with Gasteiger partial charge in [0.2, 0.25) is 5.89 Å². The van der Waals surface area contributed by atoms with Gasteiger partial charge in [0, 0.05) is 6.42 Å². The van der Waals surface area contributed by atoms with Crippen LogP contribution in [0.1, 0.15) is 50.7 Å². The van der Waals surface area contributed by atoms with Gasteiger partial charge in [0.25, 0.3) is 0 Å². The van der Waals surface area contributed by atoms with Crippen LogP contribution in [0.5, 0.6) is 0 Å². The second-order valence-corrected chi connectivity index (χ2v) is 4.93. The number of carboxylic acids is 1. The Morgan fingerprint density at radius 3 is 2.94 bits per heavy atom. The molecule has 1 fully saturated rings. The third-order valence-corrected chi connectivity index (χ3v) is 3.39. The van der Waals surface area contributed by atoms with Gasteiger partial charge in [-0.25, -0.2) is 0 Å². The molecule has 1 aliphatic carbocycles. The molecule has 0 radical (unpaired) electrons. The van der Waals surface area contributed by atoms with E-state index in [1.54, 1.807) is 0 Å². The maximum absolute atomic E-state index is 11.2. The second kappa shape index (κ2) is 4.85. The summed E-state index contributed by atoms with van der Waals surface area (Å²) in [5, 5.41) is 13.1. The van der Waals surface area contributed by atoms with Crippen molar-refractivity contribution in [3.8, 4) is 0 Å². The molecule has 0 amide bonds. The van der Waals surface area contributed by atoms with E-state index in [-0.39, 0.29) is 11.8 Å². The minimum absolute atomic E-state index is 0.111. The molecular weight excluding hydrogens is 220 g/mol. The van der Waals surface area contributed by atoms with Crippen LogP contribution in [0.3, 0.4) is 0 Å². The van der Waals surface area contributed by atoms with E-state index in [1.165, 1.54) is 0 Å². The first kappa shape index (κ1) is 12.1. The molecule has 1 N–H and O–H groups in total. The van der Waals surface area contributed by atoms with Crippen molar-refractivity contribution in [3.63, 3.8) is 0 Å². The predicted molar refractivity (Wildman–Crippen MR) is 60.6 cm³/mol. The highest BCUT2D eigenvalue weighted by molar-refractivity contribution is 5.71. The highest BCUT2D eigenvalue weighted by atomic mass is 16.5. The summed E-state index contributed by atoms with van der Waals surface area (Å²) in [6.45, 7) is 4.12. The fraction of sp³-hybridized carbons (Fsp3) is 0.750. The summed E-state index contributed by atoms with van der Waals surface area (Å²) in [5.74, 6) is 0.356. The van der Waals surface area contributed by atoms with Crippen molar-refractivity contribution in [1.29, 1.82) is 0 Å². The highest BCUT2D eigenvalue weighted by Crippen LogP contribution is 2.42. The van der Waals surface area contributed by atoms with E-state index in [0.717, 1.165) is 19.3 Å². The molecule has 1 aromatic heterocycles. The standard InChI is InChI=1S/C12H18N2O3/c1-3-4-10-13-11(17-14-10)8-5-7(2)6-9(8)12(15)16/h7-9H,3-6H2,1-2H3,(H,15,16). The molecule has 1 heterocycles. The van der Waals surface area contributed by atoms with Gasteiger partial charge in [-0.1, -0.05) is 19.0 Å². The zero-order valence-corrected chi connectivity index (χ0v) is 10.2. The highest BCUT2D eigenvalue weighted by Gasteiger charge is 2.40. The third kappa shape index (κ3) is 2.48. The van der Waals surface area contributed by atoms with E-state index in [9.17, 15) is 9.90 Å². The van der Waals surface area contributed by atoms with Gasteiger partial charge in [-0.2, -0.15) is 4.98 Å². The van der Waals surface area contributed by atoms with Crippen molar-refractivity contribution in [2.24, 2.45) is 11.8 Å². The van der Waals surface area contributed by atoms with Crippen LogP contribution >= 0.6 is 0 Å². The first-order valence-corrected chi connectivity index (χ1v) is 6.17. The Morgan fingerprint density at radius 2 is 2.29 bits per heavy atom. The molecule has 5 heteroatoms. The van der Waals surface area contributed by atoms with Gasteiger partial charge >= 0.3 is 5.97 Å². The van der Waals surface area contributed by atoms with Crippen molar-refractivity contribution in [2.75, 3.05) is 0 Å². The molecule has 2 rings (SSSR count). The molecule has 94 valence electrons. The molecule has 3 unspecified atom stereocenters.